The standard InChI is InChI=1S/C34H37N3O7S/c1-25-31(36-45(2,41)42)10-6-11-32(25)37(22-26-8-4-3-5-9-26)23-27-13-15-29(16-14-27)44-30-19-17-28(18-20-30)43-24-33(38)35-21-7-12-34(39)40/h3-6,8-11,13-20,36H,7,12,21-24H2,1-2H3,(H,35,38)(H,39,40). The maximum Gasteiger partial charge on any atom is 0.303 e. The minimum Gasteiger partial charge on any atom is -0.484 e. The summed E-state index contributed by atoms with van der Waals surface area (Å²) in [5.74, 6) is 0.534. The summed E-state index contributed by atoms with van der Waals surface area (Å²) in [5, 5.41) is 11.3. The van der Waals surface area contributed by atoms with Gasteiger partial charge >= 0.3 is 5.97 Å². The van der Waals surface area contributed by atoms with Crippen molar-refractivity contribution in [2.24, 2.45) is 0 Å². The number of rotatable bonds is 16. The van der Waals surface area contributed by atoms with Crippen LogP contribution in [0.5, 0.6) is 17.2 Å². The molecule has 0 bridgehead atoms. The molecule has 45 heavy (non-hydrogen) atoms. The monoisotopic (exact) mass is 631 g/mol. The first-order chi connectivity index (χ1) is 21.6. The van der Waals surface area contributed by atoms with Crippen molar-refractivity contribution in [1.82, 2.24) is 5.32 Å². The third-order valence-corrected chi connectivity index (χ3v) is 7.36. The Labute approximate surface area is 263 Å². The van der Waals surface area contributed by atoms with Gasteiger partial charge in [0.2, 0.25) is 10.0 Å². The van der Waals surface area contributed by atoms with E-state index < -0.39 is 16.0 Å². The molecule has 0 fully saturated rings. The summed E-state index contributed by atoms with van der Waals surface area (Å²) in [6.45, 7) is 3.23. The third kappa shape index (κ3) is 10.9. The summed E-state index contributed by atoms with van der Waals surface area (Å²) in [4.78, 5) is 24.6. The van der Waals surface area contributed by atoms with E-state index in [1.165, 1.54) is 0 Å². The molecule has 4 aromatic carbocycles. The van der Waals surface area contributed by atoms with Gasteiger partial charge in [0.05, 0.1) is 11.9 Å². The first-order valence-electron chi connectivity index (χ1n) is 14.4. The molecule has 11 heteroatoms. The van der Waals surface area contributed by atoms with E-state index in [2.05, 4.69) is 27.1 Å². The molecule has 0 saturated carbocycles. The van der Waals surface area contributed by atoms with Crippen molar-refractivity contribution in [3.05, 3.63) is 114 Å². The van der Waals surface area contributed by atoms with Crippen LogP contribution >= 0.6 is 0 Å². The molecular formula is C34H37N3O7S. The van der Waals surface area contributed by atoms with Crippen LogP contribution in [0.1, 0.15) is 29.5 Å². The van der Waals surface area contributed by atoms with Crippen LogP contribution in [0, 0.1) is 6.92 Å². The van der Waals surface area contributed by atoms with E-state index in [1.54, 1.807) is 30.3 Å². The number of amides is 1. The number of nitrogens with one attached hydrogen (secondary N) is 2. The molecule has 1 amide bonds. The van der Waals surface area contributed by atoms with E-state index in [1.807, 2.05) is 61.5 Å². The summed E-state index contributed by atoms with van der Waals surface area (Å²) in [6, 6.07) is 30.4. The number of hydrogen-bond acceptors (Lipinski definition) is 7. The molecule has 0 radical (unpaired) electrons. The molecule has 4 rings (SSSR count). The number of anilines is 2. The number of carboxylic acids is 1. The number of aliphatic carboxylic acids is 1. The van der Waals surface area contributed by atoms with E-state index >= 15 is 0 Å². The summed E-state index contributed by atoms with van der Waals surface area (Å²) < 4.78 is 38.0. The third-order valence-electron chi connectivity index (χ3n) is 6.77. The van der Waals surface area contributed by atoms with Gasteiger partial charge in [0.25, 0.3) is 5.91 Å². The van der Waals surface area contributed by atoms with Crippen LogP contribution in [0.2, 0.25) is 0 Å². The summed E-state index contributed by atoms with van der Waals surface area (Å²) in [7, 11) is -3.43. The smallest absolute Gasteiger partial charge is 0.303 e. The number of carbonyl (C=O) groups is 2. The van der Waals surface area contributed by atoms with Crippen LogP contribution in [-0.4, -0.2) is 44.8 Å². The van der Waals surface area contributed by atoms with E-state index in [0.717, 1.165) is 28.6 Å². The Morgan fingerprint density at radius 1 is 0.800 bits per heavy atom. The highest BCUT2D eigenvalue weighted by molar-refractivity contribution is 7.92. The topological polar surface area (TPSA) is 134 Å². The van der Waals surface area contributed by atoms with Gasteiger partial charge in [-0.25, -0.2) is 8.42 Å². The second-order valence-electron chi connectivity index (χ2n) is 10.5. The first-order valence-corrected chi connectivity index (χ1v) is 16.3. The number of benzene rings is 4. The van der Waals surface area contributed by atoms with Gasteiger partial charge in [0, 0.05) is 31.7 Å². The molecule has 0 aliphatic carbocycles. The Morgan fingerprint density at radius 2 is 1.40 bits per heavy atom. The predicted molar refractivity (Wildman–Crippen MR) is 174 cm³/mol. The van der Waals surface area contributed by atoms with Crippen LogP contribution < -0.4 is 24.4 Å². The van der Waals surface area contributed by atoms with Crippen molar-refractivity contribution in [2.45, 2.75) is 32.9 Å². The Balaban J connectivity index is 1.38. The number of carbonyl (C=O) groups excluding carboxylic acids is 1. The zero-order chi connectivity index (χ0) is 32.2. The second-order valence-corrected chi connectivity index (χ2v) is 12.3. The lowest BCUT2D eigenvalue weighted by Gasteiger charge is -2.28. The van der Waals surface area contributed by atoms with Crippen LogP contribution in [0.25, 0.3) is 0 Å². The molecular weight excluding hydrogens is 594 g/mol. The minimum atomic E-state index is -3.43. The lowest BCUT2D eigenvalue weighted by Crippen LogP contribution is -2.29. The van der Waals surface area contributed by atoms with E-state index in [9.17, 15) is 18.0 Å². The molecule has 4 aromatic rings. The molecule has 0 aliphatic rings. The Kier molecular flexibility index (Phi) is 11.4. The van der Waals surface area contributed by atoms with Crippen LogP contribution in [-0.2, 0) is 32.7 Å². The Bertz CT molecular complexity index is 1680. The molecule has 10 nitrogen and oxygen atoms in total. The number of sulfonamides is 1. The molecule has 3 N–H and O–H groups in total. The SMILES string of the molecule is Cc1c(NS(C)(=O)=O)cccc1N(Cc1ccccc1)Cc1ccc(Oc2ccc(OCC(=O)NCCCC(=O)O)cc2)cc1. The van der Waals surface area contributed by atoms with Crippen LogP contribution in [0.15, 0.2) is 97.1 Å². The number of nitrogens with zero attached hydrogens (tertiary/aromatic N) is 1. The first kappa shape index (κ1) is 32.9. The van der Waals surface area contributed by atoms with Gasteiger partial charge in [-0.15, -0.1) is 0 Å². The Hall–Kier alpha value is -5.03. The highest BCUT2D eigenvalue weighted by Crippen LogP contribution is 2.31. The largest absolute Gasteiger partial charge is 0.484 e. The molecule has 0 unspecified atom stereocenters. The van der Waals surface area contributed by atoms with Gasteiger partial charge in [-0.3, -0.25) is 14.3 Å². The minimum absolute atomic E-state index is 0.000913. The number of hydrogen-bond donors (Lipinski definition) is 3. The predicted octanol–water partition coefficient (Wildman–Crippen LogP) is 5.73. The molecule has 236 valence electrons. The van der Waals surface area contributed by atoms with Crippen molar-refractivity contribution < 1.29 is 32.6 Å². The van der Waals surface area contributed by atoms with Gasteiger partial charge in [0.1, 0.15) is 17.2 Å². The van der Waals surface area contributed by atoms with E-state index in [4.69, 9.17) is 14.6 Å². The molecule has 0 aliphatic heterocycles. The summed E-state index contributed by atoms with van der Waals surface area (Å²) in [6.07, 6.45) is 1.50. The molecule has 0 saturated heterocycles. The normalized spacial score (nSPS) is 11.0. The average Bonchev–Trinajstić information content (AvgIpc) is 3.00. The van der Waals surface area contributed by atoms with Gasteiger partial charge in [0.15, 0.2) is 6.61 Å². The fourth-order valence-electron chi connectivity index (χ4n) is 4.60. The van der Waals surface area contributed by atoms with Crippen molar-refractivity contribution in [1.29, 1.82) is 0 Å². The van der Waals surface area contributed by atoms with Crippen molar-refractivity contribution >= 4 is 33.3 Å². The Morgan fingerprint density at radius 3 is 2.02 bits per heavy atom. The highest BCUT2D eigenvalue weighted by atomic mass is 32.2. The van der Waals surface area contributed by atoms with Crippen molar-refractivity contribution in [2.75, 3.05) is 29.0 Å². The number of carboxylic acid groups (broad SMARTS) is 1. The van der Waals surface area contributed by atoms with Crippen LogP contribution in [0.3, 0.4) is 0 Å². The van der Waals surface area contributed by atoms with Gasteiger partial charge < -0.3 is 24.8 Å². The van der Waals surface area contributed by atoms with Gasteiger partial charge in [-0.05, 0) is 78.6 Å². The van der Waals surface area contributed by atoms with E-state index in [-0.39, 0.29) is 25.5 Å². The highest BCUT2D eigenvalue weighted by Gasteiger charge is 2.15. The molecule has 0 spiro atoms. The summed E-state index contributed by atoms with van der Waals surface area (Å²) in [5.41, 5.74) is 4.48. The summed E-state index contributed by atoms with van der Waals surface area (Å²) >= 11 is 0. The molecule has 0 heterocycles. The van der Waals surface area contributed by atoms with Crippen molar-refractivity contribution in [3.8, 4) is 17.2 Å². The fraction of sp³-hybridized carbons (Fsp3) is 0.235. The lowest BCUT2D eigenvalue weighted by molar-refractivity contribution is -0.137. The maximum absolute atomic E-state index is 11.9. The maximum atomic E-state index is 11.9. The van der Waals surface area contributed by atoms with Crippen LogP contribution in [0.4, 0.5) is 11.4 Å². The number of ether oxygens (including phenoxy) is 2. The average molecular weight is 632 g/mol. The van der Waals surface area contributed by atoms with Gasteiger partial charge in [-0.2, -0.15) is 0 Å². The van der Waals surface area contributed by atoms with E-state index in [0.29, 0.717) is 42.4 Å². The lowest BCUT2D eigenvalue weighted by atomic mass is 10.1. The molecule has 0 aromatic heterocycles. The van der Waals surface area contributed by atoms with Gasteiger partial charge in [-0.1, -0.05) is 48.5 Å². The zero-order valence-corrected chi connectivity index (χ0v) is 26.0. The molecule has 0 atom stereocenters. The second kappa shape index (κ2) is 15.6. The zero-order valence-electron chi connectivity index (χ0n) is 25.2. The van der Waals surface area contributed by atoms with Crippen molar-refractivity contribution in [3.63, 3.8) is 0 Å². The fourth-order valence-corrected chi connectivity index (χ4v) is 5.22. The quantitative estimate of drug-likeness (QED) is 0.134.